The molecule has 0 radical (unpaired) electrons. The van der Waals surface area contributed by atoms with Crippen molar-refractivity contribution in [2.45, 2.75) is 33.2 Å². The highest BCUT2D eigenvalue weighted by atomic mass is 32.1. The number of aryl methyl sites for hydroxylation is 1. The second kappa shape index (κ2) is 7.02. The molecule has 2 heterocycles. The summed E-state index contributed by atoms with van der Waals surface area (Å²) in [7, 11) is 1.71. The first-order valence-corrected chi connectivity index (χ1v) is 7.95. The SMILES string of the molecule is CCc1cc2c(N(CCOC)C(C)C)nc(NN)nc2s1. The number of ether oxygens (including phenoxy) is 1. The van der Waals surface area contributed by atoms with Crippen LogP contribution in [0, 0.1) is 0 Å². The average Bonchev–Trinajstić information content (AvgIpc) is 2.90. The zero-order valence-electron chi connectivity index (χ0n) is 13.0. The zero-order valence-corrected chi connectivity index (χ0v) is 13.8. The third-order valence-corrected chi connectivity index (χ3v) is 4.51. The number of methoxy groups -OCH3 is 1. The largest absolute Gasteiger partial charge is 0.383 e. The summed E-state index contributed by atoms with van der Waals surface area (Å²) in [6, 6.07) is 2.49. The third-order valence-electron chi connectivity index (χ3n) is 3.33. The topological polar surface area (TPSA) is 76.3 Å². The minimum absolute atomic E-state index is 0.314. The van der Waals surface area contributed by atoms with E-state index in [1.807, 2.05) is 0 Å². The molecule has 0 aliphatic rings. The van der Waals surface area contributed by atoms with Gasteiger partial charge in [0.1, 0.15) is 10.6 Å². The summed E-state index contributed by atoms with van der Waals surface area (Å²) < 4.78 is 5.22. The summed E-state index contributed by atoms with van der Waals surface area (Å²) in [5, 5.41) is 1.08. The fraction of sp³-hybridized carbons (Fsp3) is 0.571. The lowest BCUT2D eigenvalue weighted by atomic mass is 10.2. The molecule has 0 spiro atoms. The lowest BCUT2D eigenvalue weighted by molar-refractivity contribution is 0.203. The van der Waals surface area contributed by atoms with Crippen LogP contribution in [-0.4, -0.2) is 36.3 Å². The predicted molar refractivity (Wildman–Crippen MR) is 89.0 cm³/mol. The molecule has 0 bridgehead atoms. The number of rotatable bonds is 7. The van der Waals surface area contributed by atoms with Gasteiger partial charge in [-0.2, -0.15) is 4.98 Å². The number of nitrogens with one attached hydrogen (secondary N) is 1. The molecule has 0 unspecified atom stereocenters. The number of nitrogens with two attached hydrogens (primary N) is 1. The summed E-state index contributed by atoms with van der Waals surface area (Å²) in [4.78, 5) is 13.5. The van der Waals surface area contributed by atoms with Gasteiger partial charge in [0.15, 0.2) is 0 Å². The van der Waals surface area contributed by atoms with Crippen molar-refractivity contribution in [3.63, 3.8) is 0 Å². The van der Waals surface area contributed by atoms with Crippen LogP contribution >= 0.6 is 11.3 Å². The maximum absolute atomic E-state index is 5.51. The van der Waals surface area contributed by atoms with Gasteiger partial charge >= 0.3 is 0 Å². The van der Waals surface area contributed by atoms with Crippen molar-refractivity contribution in [1.82, 2.24) is 9.97 Å². The van der Waals surface area contributed by atoms with E-state index in [1.165, 1.54) is 4.88 Å². The first kappa shape index (κ1) is 15.9. The van der Waals surface area contributed by atoms with Crippen molar-refractivity contribution in [2.75, 3.05) is 30.6 Å². The van der Waals surface area contributed by atoms with E-state index in [1.54, 1.807) is 18.4 Å². The van der Waals surface area contributed by atoms with Gasteiger partial charge in [-0.3, -0.25) is 5.43 Å². The molecule has 0 aliphatic carbocycles. The molecule has 6 nitrogen and oxygen atoms in total. The van der Waals surface area contributed by atoms with Gasteiger partial charge in [-0.15, -0.1) is 11.3 Å². The summed E-state index contributed by atoms with van der Waals surface area (Å²) in [5.41, 5.74) is 2.56. The summed E-state index contributed by atoms with van der Waals surface area (Å²) in [6.45, 7) is 7.87. The van der Waals surface area contributed by atoms with E-state index in [0.717, 1.165) is 29.0 Å². The van der Waals surface area contributed by atoms with Crippen LogP contribution in [0.15, 0.2) is 6.07 Å². The van der Waals surface area contributed by atoms with Crippen LogP contribution in [0.3, 0.4) is 0 Å². The van der Waals surface area contributed by atoms with Gasteiger partial charge in [0.2, 0.25) is 5.95 Å². The molecular weight excluding hydrogens is 286 g/mol. The van der Waals surface area contributed by atoms with Gasteiger partial charge in [-0.05, 0) is 26.3 Å². The van der Waals surface area contributed by atoms with Crippen LogP contribution in [0.1, 0.15) is 25.6 Å². The lowest BCUT2D eigenvalue weighted by Crippen LogP contribution is -2.35. The number of fused-ring (bicyclic) bond motifs is 1. The van der Waals surface area contributed by atoms with E-state index >= 15 is 0 Å². The van der Waals surface area contributed by atoms with E-state index in [9.17, 15) is 0 Å². The first-order valence-electron chi connectivity index (χ1n) is 7.13. The molecule has 7 heteroatoms. The molecular formula is C14H23N5OS. The Bertz CT molecular complexity index is 598. The molecule has 2 aromatic heterocycles. The van der Waals surface area contributed by atoms with Crippen LogP contribution in [0.25, 0.3) is 10.2 Å². The van der Waals surface area contributed by atoms with E-state index in [-0.39, 0.29) is 0 Å². The molecule has 0 fully saturated rings. The Balaban J connectivity index is 2.54. The Kier molecular flexibility index (Phi) is 5.33. The molecule has 0 amide bonds. The molecule has 0 aromatic carbocycles. The van der Waals surface area contributed by atoms with Crippen LogP contribution < -0.4 is 16.2 Å². The van der Waals surface area contributed by atoms with Crippen LogP contribution in [-0.2, 0) is 11.2 Å². The number of hydrogen-bond donors (Lipinski definition) is 2. The van der Waals surface area contributed by atoms with Crippen molar-refractivity contribution >= 4 is 33.3 Å². The second-order valence-electron chi connectivity index (χ2n) is 5.08. The number of hydrogen-bond acceptors (Lipinski definition) is 7. The highest BCUT2D eigenvalue weighted by Crippen LogP contribution is 2.33. The Hall–Kier alpha value is -1.44. The Morgan fingerprint density at radius 2 is 2.19 bits per heavy atom. The Labute approximate surface area is 129 Å². The molecule has 21 heavy (non-hydrogen) atoms. The van der Waals surface area contributed by atoms with Crippen molar-refractivity contribution in [2.24, 2.45) is 5.84 Å². The molecule has 116 valence electrons. The van der Waals surface area contributed by atoms with E-state index in [2.05, 4.69) is 47.1 Å². The minimum atomic E-state index is 0.314. The number of nitrogens with zero attached hydrogens (tertiary/aromatic N) is 3. The summed E-state index contributed by atoms with van der Waals surface area (Å²) in [6.07, 6.45) is 0.992. The molecule has 2 rings (SSSR count). The van der Waals surface area contributed by atoms with Gasteiger partial charge in [0, 0.05) is 24.6 Å². The van der Waals surface area contributed by atoms with Crippen molar-refractivity contribution in [3.05, 3.63) is 10.9 Å². The van der Waals surface area contributed by atoms with E-state index in [4.69, 9.17) is 10.6 Å². The van der Waals surface area contributed by atoms with Gasteiger partial charge in [-0.1, -0.05) is 6.92 Å². The maximum atomic E-state index is 5.51. The molecule has 0 aliphatic heterocycles. The smallest absolute Gasteiger partial charge is 0.240 e. The number of nitrogen functional groups attached to an aromatic ring is 1. The van der Waals surface area contributed by atoms with Gasteiger partial charge in [0.25, 0.3) is 0 Å². The van der Waals surface area contributed by atoms with Crippen molar-refractivity contribution in [3.8, 4) is 0 Å². The van der Waals surface area contributed by atoms with E-state index < -0.39 is 0 Å². The predicted octanol–water partition coefficient (Wildman–Crippen LogP) is 2.40. The highest BCUT2D eigenvalue weighted by Gasteiger charge is 2.18. The van der Waals surface area contributed by atoms with E-state index in [0.29, 0.717) is 18.6 Å². The normalized spacial score (nSPS) is 11.3. The monoisotopic (exact) mass is 309 g/mol. The van der Waals surface area contributed by atoms with Crippen LogP contribution in [0.5, 0.6) is 0 Å². The summed E-state index contributed by atoms with van der Waals surface area (Å²) in [5.74, 6) is 6.87. The fourth-order valence-electron chi connectivity index (χ4n) is 2.21. The number of thiophene rings is 1. The molecule has 2 aromatic rings. The third kappa shape index (κ3) is 3.42. The van der Waals surface area contributed by atoms with Crippen LogP contribution in [0.4, 0.5) is 11.8 Å². The molecule has 0 atom stereocenters. The van der Waals surface area contributed by atoms with Crippen molar-refractivity contribution < 1.29 is 4.74 Å². The zero-order chi connectivity index (χ0) is 15.4. The highest BCUT2D eigenvalue weighted by molar-refractivity contribution is 7.18. The standard InChI is InChI=1S/C14H23N5OS/c1-5-10-8-11-12(19(9(2)3)6-7-20-4)16-14(18-15)17-13(11)21-10/h8-9H,5-7,15H2,1-4H3,(H,16,17,18). The molecule has 0 saturated carbocycles. The maximum Gasteiger partial charge on any atom is 0.240 e. The first-order chi connectivity index (χ1) is 10.1. The quantitative estimate of drug-likeness (QED) is 0.604. The van der Waals surface area contributed by atoms with Gasteiger partial charge in [-0.25, -0.2) is 10.8 Å². The Morgan fingerprint density at radius 3 is 2.76 bits per heavy atom. The minimum Gasteiger partial charge on any atom is -0.383 e. The lowest BCUT2D eigenvalue weighted by Gasteiger charge is -2.28. The van der Waals surface area contributed by atoms with Gasteiger partial charge in [0.05, 0.1) is 12.0 Å². The molecule has 3 N–H and O–H groups in total. The van der Waals surface area contributed by atoms with Crippen molar-refractivity contribution in [1.29, 1.82) is 0 Å². The number of aromatic nitrogens is 2. The summed E-state index contributed by atoms with van der Waals surface area (Å²) >= 11 is 1.69. The van der Waals surface area contributed by atoms with Crippen LogP contribution in [0.2, 0.25) is 0 Å². The molecule has 0 saturated heterocycles. The second-order valence-corrected chi connectivity index (χ2v) is 6.20. The van der Waals surface area contributed by atoms with Gasteiger partial charge < -0.3 is 9.64 Å². The average molecular weight is 309 g/mol. The fourth-order valence-corrected chi connectivity index (χ4v) is 3.17. The Morgan fingerprint density at radius 1 is 1.43 bits per heavy atom. The number of anilines is 2. The number of hydrazine groups is 1.